The summed E-state index contributed by atoms with van der Waals surface area (Å²) in [6.45, 7) is 1.65. The van der Waals surface area contributed by atoms with Gasteiger partial charge in [0, 0.05) is 12.5 Å². The average Bonchev–Trinajstić information content (AvgIpc) is 3.59. The minimum absolute atomic E-state index is 0.123. The highest BCUT2D eigenvalue weighted by Gasteiger charge is 2.31. The zero-order valence-corrected chi connectivity index (χ0v) is 18.8. The van der Waals surface area contributed by atoms with Crippen LogP contribution in [0.4, 0.5) is 18.9 Å². The second-order valence-electron chi connectivity index (χ2n) is 7.33. The number of amides is 1. The van der Waals surface area contributed by atoms with E-state index in [0.717, 1.165) is 12.1 Å². The van der Waals surface area contributed by atoms with Crippen LogP contribution < -0.4 is 5.32 Å². The average molecular weight is 496 g/mol. The number of aromatic nitrogens is 5. The van der Waals surface area contributed by atoms with Crippen molar-refractivity contribution in [2.24, 2.45) is 0 Å². The molecule has 0 fully saturated rings. The molecule has 0 unspecified atom stereocenters. The molecule has 35 heavy (non-hydrogen) atoms. The van der Waals surface area contributed by atoms with Crippen molar-refractivity contribution in [3.8, 4) is 27.8 Å². The Balaban J connectivity index is 1.53. The molecule has 1 amide bonds. The zero-order valence-electron chi connectivity index (χ0n) is 17.9. The van der Waals surface area contributed by atoms with E-state index in [1.54, 1.807) is 48.7 Å². The molecule has 5 aromatic rings. The summed E-state index contributed by atoms with van der Waals surface area (Å²) in [5.41, 5.74) is 0.204. The first kappa shape index (κ1) is 22.5. The summed E-state index contributed by atoms with van der Waals surface area (Å²) in [5, 5.41) is 12.7. The van der Waals surface area contributed by atoms with Gasteiger partial charge in [-0.3, -0.25) is 4.79 Å². The summed E-state index contributed by atoms with van der Waals surface area (Å²) in [7, 11) is 0. The Morgan fingerprint density at radius 1 is 1.06 bits per heavy atom. The van der Waals surface area contributed by atoms with Gasteiger partial charge in [0.1, 0.15) is 0 Å². The number of para-hydroxylation sites is 1. The number of aryl methyl sites for hydroxylation is 1. The molecule has 0 saturated carbocycles. The van der Waals surface area contributed by atoms with E-state index in [2.05, 4.69) is 25.5 Å². The molecule has 0 radical (unpaired) electrons. The highest BCUT2D eigenvalue weighted by molar-refractivity contribution is 7.13. The molecule has 0 saturated heterocycles. The third-order valence-corrected chi connectivity index (χ3v) is 5.78. The Bertz CT molecular complexity index is 1510. The molecule has 5 rings (SSSR count). The van der Waals surface area contributed by atoms with Crippen LogP contribution in [0, 0.1) is 6.92 Å². The predicted molar refractivity (Wildman–Crippen MR) is 122 cm³/mol. The molecule has 3 aromatic heterocycles. The number of carbonyl (C=O) groups excluding carboxylic acids is 1. The number of nitrogens with zero attached hydrogens (tertiary/aromatic N) is 5. The summed E-state index contributed by atoms with van der Waals surface area (Å²) in [5.74, 6) is 0.0287. The fourth-order valence-electron chi connectivity index (χ4n) is 3.34. The smallest absolute Gasteiger partial charge is 0.339 e. The molecule has 0 aliphatic carbocycles. The van der Waals surface area contributed by atoms with Crippen LogP contribution in [0.5, 0.6) is 0 Å². The van der Waals surface area contributed by atoms with Gasteiger partial charge in [0.15, 0.2) is 5.82 Å². The molecule has 2 aromatic carbocycles. The van der Waals surface area contributed by atoms with Crippen LogP contribution in [0.3, 0.4) is 0 Å². The molecule has 8 nitrogen and oxygen atoms in total. The number of halogens is 3. The van der Waals surface area contributed by atoms with Crippen molar-refractivity contribution >= 4 is 22.9 Å². The topological polar surface area (TPSA) is 98.7 Å². The van der Waals surface area contributed by atoms with Crippen molar-refractivity contribution in [2.45, 2.75) is 13.1 Å². The van der Waals surface area contributed by atoms with E-state index in [0.29, 0.717) is 27.8 Å². The fraction of sp³-hybridized carbons (Fsp3) is 0.0870. The summed E-state index contributed by atoms with van der Waals surface area (Å²) in [6.07, 6.45) is -4.53. The van der Waals surface area contributed by atoms with Gasteiger partial charge in [-0.1, -0.05) is 29.4 Å². The Morgan fingerprint density at radius 2 is 1.89 bits per heavy atom. The van der Waals surface area contributed by atoms with Gasteiger partial charge in [-0.15, -0.1) is 16.4 Å². The highest BCUT2D eigenvalue weighted by Crippen LogP contribution is 2.32. The van der Waals surface area contributed by atoms with Gasteiger partial charge < -0.3 is 9.84 Å². The predicted octanol–water partition coefficient (Wildman–Crippen LogP) is 5.63. The van der Waals surface area contributed by atoms with Crippen LogP contribution in [-0.2, 0) is 6.18 Å². The summed E-state index contributed by atoms with van der Waals surface area (Å²) < 4.78 is 46.1. The van der Waals surface area contributed by atoms with Crippen LogP contribution in [0.2, 0.25) is 0 Å². The molecule has 12 heteroatoms. The molecule has 0 aliphatic rings. The molecule has 0 spiro atoms. The number of benzene rings is 2. The number of hydrogen-bond donors (Lipinski definition) is 1. The molecule has 176 valence electrons. The minimum atomic E-state index is -4.53. The Kier molecular flexibility index (Phi) is 5.65. The van der Waals surface area contributed by atoms with Crippen molar-refractivity contribution in [1.82, 2.24) is 24.9 Å². The van der Waals surface area contributed by atoms with Gasteiger partial charge in [0.2, 0.25) is 17.5 Å². The van der Waals surface area contributed by atoms with Crippen molar-refractivity contribution in [2.75, 3.05) is 5.32 Å². The number of carbonyl (C=O) groups is 1. The van der Waals surface area contributed by atoms with Gasteiger partial charge >= 0.3 is 6.18 Å². The fourth-order valence-corrected chi connectivity index (χ4v) is 4.04. The maximum atomic E-state index is 13.3. The Morgan fingerprint density at radius 3 is 2.60 bits per heavy atom. The number of hydrogen-bond acceptors (Lipinski definition) is 7. The van der Waals surface area contributed by atoms with E-state index in [4.69, 9.17) is 4.52 Å². The van der Waals surface area contributed by atoms with E-state index in [-0.39, 0.29) is 17.3 Å². The van der Waals surface area contributed by atoms with Crippen LogP contribution in [-0.4, -0.2) is 30.8 Å². The van der Waals surface area contributed by atoms with E-state index in [1.165, 1.54) is 28.2 Å². The second-order valence-corrected chi connectivity index (χ2v) is 8.28. The molecule has 1 N–H and O–H groups in total. The monoisotopic (exact) mass is 496 g/mol. The molecule has 0 atom stereocenters. The highest BCUT2D eigenvalue weighted by atomic mass is 32.1. The number of anilines is 1. The lowest BCUT2D eigenvalue weighted by Crippen LogP contribution is -2.15. The van der Waals surface area contributed by atoms with Crippen molar-refractivity contribution in [3.05, 3.63) is 83.3 Å². The van der Waals surface area contributed by atoms with Crippen LogP contribution in [0.25, 0.3) is 27.8 Å². The summed E-state index contributed by atoms with van der Waals surface area (Å²) in [4.78, 5) is 22.3. The molecule has 0 aliphatic heterocycles. The lowest BCUT2D eigenvalue weighted by molar-refractivity contribution is -0.137. The lowest BCUT2D eigenvalue weighted by Gasteiger charge is -2.09. The Labute approximate surface area is 200 Å². The quantitative estimate of drug-likeness (QED) is 0.339. The summed E-state index contributed by atoms with van der Waals surface area (Å²) in [6, 6.07) is 15.0. The Hall–Kier alpha value is -4.32. The van der Waals surface area contributed by atoms with Crippen molar-refractivity contribution in [3.63, 3.8) is 0 Å². The van der Waals surface area contributed by atoms with Gasteiger partial charge in [-0.2, -0.15) is 18.2 Å². The first-order chi connectivity index (χ1) is 16.8. The van der Waals surface area contributed by atoms with Crippen molar-refractivity contribution < 1.29 is 22.5 Å². The van der Waals surface area contributed by atoms with Gasteiger partial charge in [0.25, 0.3) is 5.91 Å². The number of thiophene rings is 1. The molecular weight excluding hydrogens is 481 g/mol. The van der Waals surface area contributed by atoms with Gasteiger partial charge in [-0.25, -0.2) is 9.67 Å². The van der Waals surface area contributed by atoms with Crippen LogP contribution >= 0.6 is 11.3 Å². The molecule has 0 bridgehead atoms. The SMILES string of the molecule is Cc1nc(-c2ccccc2NC(=O)c2nc(-c3cccs3)n(-c3cccc(C(F)(F)F)c3)n2)no1. The number of nitrogens with one attached hydrogen (secondary N) is 1. The summed E-state index contributed by atoms with van der Waals surface area (Å²) >= 11 is 1.32. The first-order valence-corrected chi connectivity index (χ1v) is 11.1. The van der Waals surface area contributed by atoms with Crippen LogP contribution in [0.1, 0.15) is 22.1 Å². The van der Waals surface area contributed by atoms with Crippen LogP contribution in [0.15, 0.2) is 70.6 Å². The van der Waals surface area contributed by atoms with Gasteiger partial charge in [0.05, 0.1) is 21.8 Å². The van der Waals surface area contributed by atoms with E-state index in [9.17, 15) is 18.0 Å². The number of alkyl halides is 3. The van der Waals surface area contributed by atoms with Gasteiger partial charge in [-0.05, 0) is 41.8 Å². The van der Waals surface area contributed by atoms with E-state index < -0.39 is 17.6 Å². The third-order valence-electron chi connectivity index (χ3n) is 4.91. The largest absolute Gasteiger partial charge is 0.416 e. The maximum absolute atomic E-state index is 13.3. The van der Waals surface area contributed by atoms with E-state index >= 15 is 0 Å². The van der Waals surface area contributed by atoms with E-state index in [1.807, 2.05) is 0 Å². The maximum Gasteiger partial charge on any atom is 0.416 e. The lowest BCUT2D eigenvalue weighted by atomic mass is 10.1. The standard InChI is InChI=1S/C23H15F3N6O2S/c1-13-27-19(31-34-13)16-8-2-3-9-17(16)28-22(33)20-29-21(18-10-5-11-35-18)32(30-20)15-7-4-6-14(12-15)23(24,25)26/h2-12H,1H3,(H,28,33). The minimum Gasteiger partial charge on any atom is -0.339 e. The normalized spacial score (nSPS) is 11.5. The first-order valence-electron chi connectivity index (χ1n) is 10.2. The van der Waals surface area contributed by atoms with Crippen molar-refractivity contribution in [1.29, 1.82) is 0 Å². The number of rotatable bonds is 5. The molecular formula is C23H15F3N6O2S. The molecule has 3 heterocycles. The second kappa shape index (κ2) is 8.80. The third kappa shape index (κ3) is 4.55. The zero-order chi connectivity index (χ0) is 24.6.